The van der Waals surface area contributed by atoms with Gasteiger partial charge in [0.05, 0.1) is 12.6 Å². The maximum absolute atomic E-state index is 12.2. The minimum absolute atomic E-state index is 0.112. The number of carbonyl (C=O) groups is 1. The van der Waals surface area contributed by atoms with Gasteiger partial charge < -0.3 is 15.3 Å². The van der Waals surface area contributed by atoms with Gasteiger partial charge in [0.2, 0.25) is 5.91 Å². The van der Waals surface area contributed by atoms with Crippen molar-refractivity contribution in [3.63, 3.8) is 0 Å². The number of hydrogen-bond donors (Lipinski definition) is 2. The number of rotatable bonds is 8. The molecule has 1 aromatic carbocycles. The van der Waals surface area contributed by atoms with E-state index in [0.29, 0.717) is 19.5 Å². The molecule has 2 N–H and O–H groups in total. The second-order valence-corrected chi connectivity index (χ2v) is 6.03. The average molecular weight is 304 g/mol. The zero-order valence-electron chi connectivity index (χ0n) is 13.6. The molecule has 22 heavy (non-hydrogen) atoms. The smallest absolute Gasteiger partial charge is 0.221 e. The number of aliphatic hydroxyl groups excluding tert-OH is 1. The zero-order chi connectivity index (χ0) is 15.8. The summed E-state index contributed by atoms with van der Waals surface area (Å²) < 4.78 is 0. The Bertz CT molecular complexity index is 470. The molecular formula is C18H28N2O2. The van der Waals surface area contributed by atoms with E-state index in [4.69, 9.17) is 5.11 Å². The van der Waals surface area contributed by atoms with Crippen LogP contribution in [0.15, 0.2) is 24.3 Å². The van der Waals surface area contributed by atoms with Gasteiger partial charge in [-0.25, -0.2) is 0 Å². The predicted molar refractivity (Wildman–Crippen MR) is 88.7 cm³/mol. The maximum Gasteiger partial charge on any atom is 0.221 e. The Labute approximate surface area is 133 Å². The molecule has 0 saturated carbocycles. The van der Waals surface area contributed by atoms with Gasteiger partial charge in [0.1, 0.15) is 0 Å². The van der Waals surface area contributed by atoms with Gasteiger partial charge in [0.25, 0.3) is 0 Å². The molecule has 0 aliphatic heterocycles. The lowest BCUT2D eigenvalue weighted by molar-refractivity contribution is -0.122. The van der Waals surface area contributed by atoms with Gasteiger partial charge in [-0.3, -0.25) is 4.79 Å². The Morgan fingerprint density at radius 3 is 2.91 bits per heavy atom. The first kappa shape index (κ1) is 17.0. The van der Waals surface area contributed by atoms with Crippen LogP contribution in [0.5, 0.6) is 0 Å². The molecule has 2 rings (SSSR count). The van der Waals surface area contributed by atoms with E-state index in [0.717, 1.165) is 32.2 Å². The van der Waals surface area contributed by atoms with Crippen molar-refractivity contribution in [2.24, 2.45) is 0 Å². The second kappa shape index (κ2) is 8.91. The molecule has 4 nitrogen and oxygen atoms in total. The van der Waals surface area contributed by atoms with Crippen LogP contribution in [-0.2, 0) is 11.2 Å². The lowest BCUT2D eigenvalue weighted by atomic mass is 9.87. The van der Waals surface area contributed by atoms with E-state index in [9.17, 15) is 4.79 Å². The van der Waals surface area contributed by atoms with Crippen LogP contribution >= 0.6 is 0 Å². The van der Waals surface area contributed by atoms with Crippen molar-refractivity contribution < 1.29 is 9.90 Å². The third-order valence-corrected chi connectivity index (χ3v) is 4.32. The highest BCUT2D eigenvalue weighted by Crippen LogP contribution is 2.29. The van der Waals surface area contributed by atoms with Crippen LogP contribution in [0, 0.1) is 0 Å². The van der Waals surface area contributed by atoms with E-state index in [1.165, 1.54) is 11.1 Å². The number of nitrogens with zero attached hydrogens (tertiary/aromatic N) is 1. The summed E-state index contributed by atoms with van der Waals surface area (Å²) >= 11 is 0. The Balaban J connectivity index is 1.85. The maximum atomic E-state index is 12.2. The first-order valence-electron chi connectivity index (χ1n) is 8.45. The molecule has 1 aliphatic carbocycles. The zero-order valence-corrected chi connectivity index (χ0v) is 13.6. The van der Waals surface area contributed by atoms with E-state index in [-0.39, 0.29) is 18.6 Å². The normalized spacial score (nSPS) is 17.3. The van der Waals surface area contributed by atoms with Crippen LogP contribution in [-0.4, -0.2) is 42.2 Å². The SMILES string of the molecule is CCCN(CCO)CCC(=O)NC1CCCc2ccccc21. The average Bonchev–Trinajstić information content (AvgIpc) is 2.53. The molecule has 1 aliphatic rings. The minimum Gasteiger partial charge on any atom is -0.395 e. The van der Waals surface area contributed by atoms with E-state index in [2.05, 4.69) is 35.3 Å². The summed E-state index contributed by atoms with van der Waals surface area (Å²) in [6, 6.07) is 8.58. The summed E-state index contributed by atoms with van der Waals surface area (Å²) in [6.07, 6.45) is 4.81. The van der Waals surface area contributed by atoms with Crippen molar-refractivity contribution in [3.8, 4) is 0 Å². The van der Waals surface area contributed by atoms with Gasteiger partial charge in [-0.15, -0.1) is 0 Å². The monoisotopic (exact) mass is 304 g/mol. The number of carbonyl (C=O) groups excluding carboxylic acids is 1. The van der Waals surface area contributed by atoms with Crippen molar-refractivity contribution in [2.75, 3.05) is 26.2 Å². The van der Waals surface area contributed by atoms with Gasteiger partial charge >= 0.3 is 0 Å². The third kappa shape index (κ3) is 4.82. The van der Waals surface area contributed by atoms with Crippen LogP contribution in [0.2, 0.25) is 0 Å². The molecule has 1 unspecified atom stereocenters. The Hall–Kier alpha value is -1.39. The van der Waals surface area contributed by atoms with Crippen molar-refractivity contribution in [1.29, 1.82) is 0 Å². The summed E-state index contributed by atoms with van der Waals surface area (Å²) in [6.45, 7) is 4.56. The fourth-order valence-corrected chi connectivity index (χ4v) is 3.22. The standard InChI is InChI=1S/C18H28N2O2/c1-2-11-20(13-14-21)12-10-18(22)19-17-9-5-7-15-6-3-4-8-16(15)17/h3-4,6,8,17,21H,2,5,7,9-14H2,1H3,(H,19,22). The van der Waals surface area contributed by atoms with Crippen molar-refractivity contribution in [1.82, 2.24) is 10.2 Å². The first-order valence-corrected chi connectivity index (χ1v) is 8.45. The van der Waals surface area contributed by atoms with E-state index < -0.39 is 0 Å². The van der Waals surface area contributed by atoms with E-state index in [1.54, 1.807) is 0 Å². The highest BCUT2D eigenvalue weighted by molar-refractivity contribution is 5.76. The number of hydrogen-bond acceptors (Lipinski definition) is 3. The van der Waals surface area contributed by atoms with Gasteiger partial charge in [0.15, 0.2) is 0 Å². The molecule has 1 atom stereocenters. The number of aliphatic hydroxyl groups is 1. The first-order chi connectivity index (χ1) is 10.7. The van der Waals surface area contributed by atoms with Crippen LogP contribution in [0.3, 0.4) is 0 Å². The van der Waals surface area contributed by atoms with Gasteiger partial charge in [-0.2, -0.15) is 0 Å². The summed E-state index contributed by atoms with van der Waals surface area (Å²) in [5.41, 5.74) is 2.65. The van der Waals surface area contributed by atoms with Crippen LogP contribution in [0.1, 0.15) is 49.8 Å². The molecule has 0 spiro atoms. The van der Waals surface area contributed by atoms with Gasteiger partial charge in [-0.1, -0.05) is 31.2 Å². The molecule has 0 aromatic heterocycles. The molecule has 1 amide bonds. The number of fused-ring (bicyclic) bond motifs is 1. The molecule has 122 valence electrons. The molecule has 0 saturated heterocycles. The minimum atomic E-state index is 0.112. The lowest BCUT2D eigenvalue weighted by Gasteiger charge is -2.27. The fourth-order valence-electron chi connectivity index (χ4n) is 3.22. The summed E-state index contributed by atoms with van der Waals surface area (Å²) in [5, 5.41) is 12.2. The fraction of sp³-hybridized carbons (Fsp3) is 0.611. The van der Waals surface area contributed by atoms with Gasteiger partial charge in [-0.05, 0) is 43.4 Å². The van der Waals surface area contributed by atoms with Crippen LogP contribution < -0.4 is 5.32 Å². The van der Waals surface area contributed by atoms with Crippen molar-refractivity contribution >= 4 is 5.91 Å². The second-order valence-electron chi connectivity index (χ2n) is 6.03. The molecule has 0 heterocycles. The van der Waals surface area contributed by atoms with E-state index >= 15 is 0 Å². The molecule has 4 heteroatoms. The highest BCUT2D eigenvalue weighted by atomic mass is 16.3. The summed E-state index contributed by atoms with van der Waals surface area (Å²) in [4.78, 5) is 14.4. The predicted octanol–water partition coefficient (Wildman–Crippen LogP) is 2.27. The molecule has 0 bridgehead atoms. The largest absolute Gasteiger partial charge is 0.395 e. The number of benzene rings is 1. The highest BCUT2D eigenvalue weighted by Gasteiger charge is 2.21. The Morgan fingerprint density at radius 2 is 2.14 bits per heavy atom. The van der Waals surface area contributed by atoms with E-state index in [1.807, 2.05) is 6.07 Å². The number of amides is 1. The van der Waals surface area contributed by atoms with Crippen LogP contribution in [0.25, 0.3) is 0 Å². The third-order valence-electron chi connectivity index (χ3n) is 4.32. The summed E-state index contributed by atoms with van der Waals surface area (Å²) in [7, 11) is 0. The van der Waals surface area contributed by atoms with Gasteiger partial charge in [0, 0.05) is 19.5 Å². The molecular weight excluding hydrogens is 276 g/mol. The van der Waals surface area contributed by atoms with Crippen LogP contribution in [0.4, 0.5) is 0 Å². The Kier molecular flexibility index (Phi) is 6.87. The number of nitrogens with one attached hydrogen (secondary N) is 1. The lowest BCUT2D eigenvalue weighted by Crippen LogP contribution is -2.35. The summed E-state index contributed by atoms with van der Waals surface area (Å²) in [5.74, 6) is 0.112. The quantitative estimate of drug-likeness (QED) is 0.774. The molecule has 0 fully saturated rings. The van der Waals surface area contributed by atoms with Crippen molar-refractivity contribution in [3.05, 3.63) is 35.4 Å². The van der Waals surface area contributed by atoms with Crippen molar-refractivity contribution in [2.45, 2.75) is 45.1 Å². The molecule has 1 aromatic rings. The number of aryl methyl sites for hydroxylation is 1. The molecule has 0 radical (unpaired) electrons. The topological polar surface area (TPSA) is 52.6 Å². The Morgan fingerprint density at radius 1 is 1.32 bits per heavy atom.